The van der Waals surface area contributed by atoms with Gasteiger partial charge in [-0.05, 0) is 53.7 Å². The highest BCUT2D eigenvalue weighted by Gasteiger charge is 2.40. The third kappa shape index (κ3) is 2.45. The quantitative estimate of drug-likeness (QED) is 0.815. The van der Waals surface area contributed by atoms with Crippen LogP contribution in [-0.4, -0.2) is 22.5 Å². The van der Waals surface area contributed by atoms with Crippen molar-refractivity contribution in [1.29, 1.82) is 0 Å². The molecule has 0 fully saturated rings. The Balaban J connectivity index is 2.05. The van der Waals surface area contributed by atoms with E-state index in [1.165, 1.54) is 10.8 Å². The molecule has 1 aliphatic heterocycles. The second-order valence-electron chi connectivity index (χ2n) is 5.73. The maximum Gasteiger partial charge on any atom is 0.219 e. The van der Waals surface area contributed by atoms with Gasteiger partial charge in [0, 0.05) is 0 Å². The van der Waals surface area contributed by atoms with Crippen LogP contribution in [0.5, 0.6) is 11.5 Å². The van der Waals surface area contributed by atoms with Gasteiger partial charge in [0.05, 0.1) is 20.3 Å². The molecule has 110 valence electrons. The molecule has 0 saturated heterocycles. The Bertz CT molecular complexity index is 650. The fourth-order valence-electron chi connectivity index (χ4n) is 2.88. The van der Waals surface area contributed by atoms with Crippen molar-refractivity contribution in [2.75, 3.05) is 14.2 Å². The minimum atomic E-state index is -1.85. The van der Waals surface area contributed by atoms with Crippen molar-refractivity contribution in [2.24, 2.45) is 0 Å². The lowest BCUT2D eigenvalue weighted by Crippen LogP contribution is -2.39. The molecule has 0 N–H and O–H groups in total. The second-order valence-corrected chi connectivity index (χ2v) is 9.53. The van der Waals surface area contributed by atoms with Gasteiger partial charge in [-0.1, -0.05) is 18.2 Å². The van der Waals surface area contributed by atoms with Gasteiger partial charge in [0.15, 0.2) is 0 Å². The Morgan fingerprint density at radius 3 is 2.14 bits per heavy atom. The molecule has 3 nitrogen and oxygen atoms in total. The van der Waals surface area contributed by atoms with Crippen LogP contribution >= 0.6 is 0 Å². The summed E-state index contributed by atoms with van der Waals surface area (Å²) in [6.07, 6.45) is -0.0114. The Hall–Kier alpha value is -1.78. The third-order valence-corrected chi connectivity index (χ3v) is 6.60. The highest BCUT2D eigenvalue weighted by atomic mass is 28.4. The van der Waals surface area contributed by atoms with Gasteiger partial charge in [-0.2, -0.15) is 0 Å². The van der Waals surface area contributed by atoms with Crippen molar-refractivity contribution < 1.29 is 13.9 Å². The number of rotatable bonds is 3. The fraction of sp³-hybridized carbons (Fsp3) is 0.294. The molecular formula is C17H20O3Si. The highest BCUT2D eigenvalue weighted by molar-refractivity contribution is 6.85. The molecule has 0 bridgehead atoms. The molecule has 3 rings (SSSR count). The SMILES string of the molecule is COc1ccc(C2O[Si](C)(C)c3ccc(OC)cc32)cc1. The van der Waals surface area contributed by atoms with Crippen LogP contribution in [0.1, 0.15) is 17.2 Å². The van der Waals surface area contributed by atoms with E-state index < -0.39 is 8.32 Å². The summed E-state index contributed by atoms with van der Waals surface area (Å²) >= 11 is 0. The molecular weight excluding hydrogens is 280 g/mol. The lowest BCUT2D eigenvalue weighted by molar-refractivity contribution is 0.258. The van der Waals surface area contributed by atoms with Gasteiger partial charge < -0.3 is 13.9 Å². The maximum absolute atomic E-state index is 6.42. The molecule has 4 heteroatoms. The Labute approximate surface area is 126 Å². The standard InChI is InChI=1S/C17H20O3Si/c1-18-13-7-5-12(6-8-13)17-15-11-14(19-2)9-10-16(15)21(3,4)20-17/h5-11,17H,1-4H3. The van der Waals surface area contributed by atoms with Crippen LogP contribution in [0.2, 0.25) is 13.1 Å². The van der Waals surface area contributed by atoms with Gasteiger partial charge in [-0.15, -0.1) is 0 Å². The summed E-state index contributed by atoms with van der Waals surface area (Å²) in [6, 6.07) is 14.4. The molecule has 1 unspecified atom stereocenters. The normalized spacial score (nSPS) is 19.1. The van der Waals surface area contributed by atoms with Crippen molar-refractivity contribution >= 4 is 13.5 Å². The smallest absolute Gasteiger partial charge is 0.219 e. The molecule has 0 aromatic heterocycles. The van der Waals surface area contributed by atoms with Gasteiger partial charge in [0.2, 0.25) is 8.32 Å². The van der Waals surface area contributed by atoms with Crippen LogP contribution in [-0.2, 0) is 4.43 Å². The average molecular weight is 300 g/mol. The van der Waals surface area contributed by atoms with Crippen LogP contribution in [0, 0.1) is 0 Å². The molecule has 1 aliphatic rings. The second kappa shape index (κ2) is 5.20. The summed E-state index contributed by atoms with van der Waals surface area (Å²) < 4.78 is 17.0. The monoisotopic (exact) mass is 300 g/mol. The highest BCUT2D eigenvalue weighted by Crippen LogP contribution is 2.37. The van der Waals surface area contributed by atoms with Crippen LogP contribution in [0.3, 0.4) is 0 Å². The largest absolute Gasteiger partial charge is 0.497 e. The Kier molecular flexibility index (Phi) is 3.51. The zero-order chi connectivity index (χ0) is 15.0. The summed E-state index contributed by atoms with van der Waals surface area (Å²) in [5.41, 5.74) is 2.39. The topological polar surface area (TPSA) is 27.7 Å². The number of benzene rings is 2. The van der Waals surface area contributed by atoms with E-state index in [-0.39, 0.29) is 6.10 Å². The zero-order valence-electron chi connectivity index (χ0n) is 12.8. The van der Waals surface area contributed by atoms with E-state index in [4.69, 9.17) is 13.9 Å². The number of hydrogen-bond donors (Lipinski definition) is 0. The van der Waals surface area contributed by atoms with E-state index in [0.29, 0.717) is 0 Å². The fourth-order valence-corrected chi connectivity index (χ4v) is 5.24. The minimum absolute atomic E-state index is 0.0114. The lowest BCUT2D eigenvalue weighted by atomic mass is 10.0. The van der Waals surface area contributed by atoms with E-state index in [2.05, 4.69) is 37.4 Å². The molecule has 0 radical (unpaired) electrons. The van der Waals surface area contributed by atoms with Crippen molar-refractivity contribution in [3.05, 3.63) is 53.6 Å². The van der Waals surface area contributed by atoms with Gasteiger partial charge in [0.25, 0.3) is 0 Å². The first-order valence-electron chi connectivity index (χ1n) is 7.05. The zero-order valence-corrected chi connectivity index (χ0v) is 13.8. The van der Waals surface area contributed by atoms with Gasteiger partial charge in [0.1, 0.15) is 11.5 Å². The minimum Gasteiger partial charge on any atom is -0.497 e. The summed E-state index contributed by atoms with van der Waals surface area (Å²) in [6.45, 7) is 4.48. The molecule has 1 atom stereocenters. The molecule has 0 aliphatic carbocycles. The van der Waals surface area contributed by atoms with Crippen LogP contribution in [0.4, 0.5) is 0 Å². The predicted molar refractivity (Wildman–Crippen MR) is 86.0 cm³/mol. The van der Waals surface area contributed by atoms with Crippen molar-refractivity contribution in [1.82, 2.24) is 0 Å². The maximum atomic E-state index is 6.42. The van der Waals surface area contributed by atoms with E-state index in [9.17, 15) is 0 Å². The number of methoxy groups -OCH3 is 2. The molecule has 2 aromatic carbocycles. The molecule has 1 heterocycles. The summed E-state index contributed by atoms with van der Waals surface area (Å²) in [5, 5.41) is 1.35. The van der Waals surface area contributed by atoms with E-state index in [1.54, 1.807) is 14.2 Å². The first kappa shape index (κ1) is 14.2. The number of hydrogen-bond acceptors (Lipinski definition) is 3. The Morgan fingerprint density at radius 2 is 1.52 bits per heavy atom. The van der Waals surface area contributed by atoms with Crippen molar-refractivity contribution in [3.63, 3.8) is 0 Å². The first-order valence-corrected chi connectivity index (χ1v) is 9.96. The molecule has 2 aromatic rings. The third-order valence-electron chi connectivity index (χ3n) is 4.02. The van der Waals surface area contributed by atoms with Crippen molar-refractivity contribution in [2.45, 2.75) is 19.2 Å². The van der Waals surface area contributed by atoms with Gasteiger partial charge >= 0.3 is 0 Å². The van der Waals surface area contributed by atoms with Crippen LogP contribution in [0.25, 0.3) is 0 Å². The number of ether oxygens (including phenoxy) is 2. The van der Waals surface area contributed by atoms with Crippen LogP contribution in [0.15, 0.2) is 42.5 Å². The van der Waals surface area contributed by atoms with E-state index >= 15 is 0 Å². The first-order chi connectivity index (χ1) is 10.0. The van der Waals surface area contributed by atoms with Crippen molar-refractivity contribution in [3.8, 4) is 11.5 Å². The lowest BCUT2D eigenvalue weighted by Gasteiger charge is -2.18. The number of fused-ring (bicyclic) bond motifs is 1. The van der Waals surface area contributed by atoms with E-state index in [0.717, 1.165) is 17.1 Å². The summed E-state index contributed by atoms with van der Waals surface area (Å²) in [5.74, 6) is 1.74. The van der Waals surface area contributed by atoms with E-state index in [1.807, 2.05) is 18.2 Å². The molecule has 0 amide bonds. The molecule has 0 spiro atoms. The van der Waals surface area contributed by atoms with Gasteiger partial charge in [-0.25, -0.2) is 0 Å². The Morgan fingerprint density at radius 1 is 0.905 bits per heavy atom. The summed E-state index contributed by atoms with van der Waals surface area (Å²) in [7, 11) is 1.52. The average Bonchev–Trinajstić information content (AvgIpc) is 2.78. The predicted octanol–water partition coefficient (Wildman–Crippen LogP) is 3.24. The summed E-state index contributed by atoms with van der Waals surface area (Å²) in [4.78, 5) is 0. The molecule has 0 saturated carbocycles. The van der Waals surface area contributed by atoms with Crippen LogP contribution < -0.4 is 14.7 Å². The molecule has 21 heavy (non-hydrogen) atoms. The van der Waals surface area contributed by atoms with Gasteiger partial charge in [-0.3, -0.25) is 0 Å².